The molecule has 1 aliphatic carbocycles. The molecule has 1 fully saturated rings. The molecule has 0 bridgehead atoms. The fraction of sp³-hybridized carbons (Fsp3) is 0.684. The highest BCUT2D eigenvalue weighted by Crippen LogP contribution is 2.49. The zero-order valence-electron chi connectivity index (χ0n) is 14.3. The highest BCUT2D eigenvalue weighted by atomic mass is 16.5. The summed E-state index contributed by atoms with van der Waals surface area (Å²) in [6, 6.07) is 9.12. The summed E-state index contributed by atoms with van der Waals surface area (Å²) in [7, 11) is 0. The first kappa shape index (κ1) is 16.4. The van der Waals surface area contributed by atoms with Gasteiger partial charge in [0.15, 0.2) is 0 Å². The van der Waals surface area contributed by atoms with Crippen LogP contribution in [0.5, 0.6) is 5.75 Å². The number of rotatable bonds is 7. The number of para-hydroxylation sites is 1. The van der Waals surface area contributed by atoms with Crippen LogP contribution in [0.2, 0.25) is 0 Å². The first-order chi connectivity index (χ1) is 10.1. The summed E-state index contributed by atoms with van der Waals surface area (Å²) in [6.07, 6.45) is 3.82. The summed E-state index contributed by atoms with van der Waals surface area (Å²) >= 11 is 0. The maximum Gasteiger partial charge on any atom is 0.123 e. The molecule has 2 unspecified atom stereocenters. The molecule has 1 aromatic rings. The van der Waals surface area contributed by atoms with Crippen LogP contribution in [-0.2, 0) is 0 Å². The number of hydrogen-bond acceptors (Lipinski definition) is 2. The summed E-state index contributed by atoms with van der Waals surface area (Å²) < 4.78 is 6.48. The van der Waals surface area contributed by atoms with Gasteiger partial charge in [0, 0.05) is 17.9 Å². The van der Waals surface area contributed by atoms with Gasteiger partial charge in [-0.15, -0.1) is 0 Å². The Morgan fingerprint density at radius 2 is 1.86 bits per heavy atom. The van der Waals surface area contributed by atoms with E-state index in [1.807, 2.05) is 0 Å². The average Bonchev–Trinajstić information content (AvgIpc) is 2.48. The Bertz CT molecular complexity index is 451. The van der Waals surface area contributed by atoms with Crippen molar-refractivity contribution >= 4 is 0 Å². The highest BCUT2D eigenvalue weighted by Gasteiger charge is 2.53. The minimum atomic E-state index is 0.292. The molecule has 1 aromatic carbocycles. The SMILES string of the molecule is CCNC1CC(Oc2ccccc2C(C)C)C1(CC)CC. The lowest BCUT2D eigenvalue weighted by Gasteiger charge is -2.55. The van der Waals surface area contributed by atoms with Crippen LogP contribution in [0, 0.1) is 5.41 Å². The van der Waals surface area contributed by atoms with Crippen molar-refractivity contribution in [1.82, 2.24) is 5.32 Å². The van der Waals surface area contributed by atoms with E-state index in [2.05, 4.69) is 64.2 Å². The summed E-state index contributed by atoms with van der Waals surface area (Å²) in [5, 5.41) is 3.65. The number of hydrogen-bond donors (Lipinski definition) is 1. The van der Waals surface area contributed by atoms with E-state index in [-0.39, 0.29) is 0 Å². The Labute approximate surface area is 130 Å². The van der Waals surface area contributed by atoms with E-state index in [4.69, 9.17) is 4.74 Å². The molecule has 2 nitrogen and oxygen atoms in total. The minimum Gasteiger partial charge on any atom is -0.489 e. The van der Waals surface area contributed by atoms with Gasteiger partial charge >= 0.3 is 0 Å². The van der Waals surface area contributed by atoms with Gasteiger partial charge in [0.25, 0.3) is 0 Å². The van der Waals surface area contributed by atoms with Crippen molar-refractivity contribution in [3.8, 4) is 5.75 Å². The molecule has 0 amide bonds. The third-order valence-corrected chi connectivity index (χ3v) is 5.36. The zero-order valence-corrected chi connectivity index (χ0v) is 14.3. The molecule has 2 atom stereocenters. The lowest BCUT2D eigenvalue weighted by molar-refractivity contribution is -0.0858. The second-order valence-electron chi connectivity index (χ2n) is 6.59. The van der Waals surface area contributed by atoms with Crippen molar-refractivity contribution in [2.45, 2.75) is 71.9 Å². The zero-order chi connectivity index (χ0) is 15.5. The van der Waals surface area contributed by atoms with Crippen molar-refractivity contribution in [1.29, 1.82) is 0 Å². The van der Waals surface area contributed by atoms with Crippen molar-refractivity contribution in [2.75, 3.05) is 6.54 Å². The van der Waals surface area contributed by atoms with E-state index in [9.17, 15) is 0 Å². The van der Waals surface area contributed by atoms with Gasteiger partial charge < -0.3 is 10.1 Å². The Morgan fingerprint density at radius 1 is 1.19 bits per heavy atom. The molecule has 2 heteroatoms. The van der Waals surface area contributed by atoms with Gasteiger partial charge in [-0.3, -0.25) is 0 Å². The summed E-state index contributed by atoms with van der Waals surface area (Å²) in [4.78, 5) is 0. The summed E-state index contributed by atoms with van der Waals surface area (Å²) in [6.45, 7) is 12.3. The maximum absolute atomic E-state index is 6.48. The van der Waals surface area contributed by atoms with Gasteiger partial charge in [-0.2, -0.15) is 0 Å². The van der Waals surface area contributed by atoms with E-state index in [1.165, 1.54) is 18.4 Å². The predicted octanol–water partition coefficient (Wildman–Crippen LogP) is 4.75. The van der Waals surface area contributed by atoms with Crippen molar-refractivity contribution in [3.05, 3.63) is 29.8 Å². The normalized spacial score (nSPS) is 23.9. The fourth-order valence-corrected chi connectivity index (χ4v) is 3.86. The van der Waals surface area contributed by atoms with Crippen LogP contribution in [-0.4, -0.2) is 18.7 Å². The molecule has 0 saturated heterocycles. The summed E-state index contributed by atoms with van der Waals surface area (Å²) in [5.41, 5.74) is 1.62. The minimum absolute atomic E-state index is 0.292. The van der Waals surface area contributed by atoms with Gasteiger partial charge in [-0.05, 0) is 36.9 Å². The second-order valence-corrected chi connectivity index (χ2v) is 6.59. The Morgan fingerprint density at radius 3 is 2.43 bits per heavy atom. The topological polar surface area (TPSA) is 21.3 Å². The standard InChI is InChI=1S/C19H31NO/c1-6-19(7-2)17(20-8-3)13-18(19)21-16-12-10-9-11-15(16)14(4)5/h9-12,14,17-18,20H,6-8,13H2,1-5H3. The lowest BCUT2D eigenvalue weighted by atomic mass is 9.58. The van der Waals surface area contributed by atoms with Crippen LogP contribution < -0.4 is 10.1 Å². The van der Waals surface area contributed by atoms with Crippen LogP contribution in [0.25, 0.3) is 0 Å². The maximum atomic E-state index is 6.48. The molecule has 0 aromatic heterocycles. The summed E-state index contributed by atoms with van der Waals surface area (Å²) in [5.74, 6) is 1.59. The molecule has 1 saturated carbocycles. The molecule has 1 aliphatic rings. The second kappa shape index (κ2) is 6.83. The van der Waals surface area contributed by atoms with Crippen LogP contribution in [0.4, 0.5) is 0 Å². The van der Waals surface area contributed by atoms with Crippen LogP contribution in [0.15, 0.2) is 24.3 Å². The fourth-order valence-electron chi connectivity index (χ4n) is 3.86. The highest BCUT2D eigenvalue weighted by molar-refractivity contribution is 5.36. The van der Waals surface area contributed by atoms with Crippen LogP contribution in [0.1, 0.15) is 65.4 Å². The molecule has 1 N–H and O–H groups in total. The van der Waals surface area contributed by atoms with Crippen molar-refractivity contribution in [2.24, 2.45) is 5.41 Å². The van der Waals surface area contributed by atoms with Crippen molar-refractivity contribution in [3.63, 3.8) is 0 Å². The number of nitrogens with one attached hydrogen (secondary N) is 1. The van der Waals surface area contributed by atoms with E-state index < -0.39 is 0 Å². The van der Waals surface area contributed by atoms with E-state index in [0.29, 0.717) is 23.5 Å². The Kier molecular flexibility index (Phi) is 5.32. The Balaban J connectivity index is 2.17. The van der Waals surface area contributed by atoms with Crippen LogP contribution in [0.3, 0.4) is 0 Å². The third-order valence-electron chi connectivity index (χ3n) is 5.36. The third kappa shape index (κ3) is 2.96. The Hall–Kier alpha value is -1.02. The first-order valence-electron chi connectivity index (χ1n) is 8.58. The largest absolute Gasteiger partial charge is 0.489 e. The monoisotopic (exact) mass is 289 g/mol. The number of benzene rings is 1. The quantitative estimate of drug-likeness (QED) is 0.782. The molecule has 118 valence electrons. The smallest absolute Gasteiger partial charge is 0.123 e. The van der Waals surface area contributed by atoms with Gasteiger partial charge in [0.2, 0.25) is 0 Å². The van der Waals surface area contributed by atoms with Gasteiger partial charge in [0.05, 0.1) is 0 Å². The van der Waals surface area contributed by atoms with Gasteiger partial charge in [0.1, 0.15) is 11.9 Å². The lowest BCUT2D eigenvalue weighted by Crippen LogP contribution is -2.64. The molecule has 0 radical (unpaired) electrons. The average molecular weight is 289 g/mol. The van der Waals surface area contributed by atoms with E-state index in [0.717, 1.165) is 18.7 Å². The number of ether oxygens (including phenoxy) is 1. The van der Waals surface area contributed by atoms with Crippen LogP contribution >= 0.6 is 0 Å². The van der Waals surface area contributed by atoms with Gasteiger partial charge in [-0.25, -0.2) is 0 Å². The molecule has 2 rings (SSSR count). The molecule has 0 spiro atoms. The molecule has 0 aliphatic heterocycles. The first-order valence-corrected chi connectivity index (χ1v) is 8.58. The molecule has 21 heavy (non-hydrogen) atoms. The van der Waals surface area contributed by atoms with Gasteiger partial charge in [-0.1, -0.05) is 52.8 Å². The molecular formula is C19H31NO. The molecule has 0 heterocycles. The van der Waals surface area contributed by atoms with Crippen molar-refractivity contribution < 1.29 is 4.74 Å². The van der Waals surface area contributed by atoms with E-state index >= 15 is 0 Å². The molecular weight excluding hydrogens is 258 g/mol. The van der Waals surface area contributed by atoms with E-state index in [1.54, 1.807) is 0 Å². The predicted molar refractivity (Wildman–Crippen MR) is 90.0 cm³/mol.